The highest BCUT2D eigenvalue weighted by molar-refractivity contribution is 7.16. The lowest BCUT2D eigenvalue weighted by Crippen LogP contribution is -2.57. The fourth-order valence-corrected chi connectivity index (χ4v) is 4.03. The first kappa shape index (κ1) is 14.7. The number of carbonyl (C=O) groups is 1. The Morgan fingerprint density at radius 3 is 2.76 bits per heavy atom. The van der Waals surface area contributed by atoms with Crippen LogP contribution in [0.3, 0.4) is 0 Å². The first-order valence-electron chi connectivity index (χ1n) is 6.93. The molecule has 21 heavy (non-hydrogen) atoms. The van der Waals surface area contributed by atoms with Crippen LogP contribution in [0.4, 0.5) is 5.82 Å². The number of carbonyl (C=O) groups excluding carboxylic acids is 1. The van der Waals surface area contributed by atoms with Crippen molar-refractivity contribution >= 4 is 44.2 Å². The Balaban J connectivity index is 1.89. The Hall–Kier alpha value is -1.24. The average Bonchev–Trinajstić information content (AvgIpc) is 2.86. The van der Waals surface area contributed by atoms with Gasteiger partial charge < -0.3 is 4.90 Å². The van der Waals surface area contributed by atoms with Gasteiger partial charge in [0, 0.05) is 25.2 Å². The number of aromatic nitrogens is 2. The summed E-state index contributed by atoms with van der Waals surface area (Å²) < 4.78 is 0. The summed E-state index contributed by atoms with van der Waals surface area (Å²) in [6.45, 7) is 6.22. The van der Waals surface area contributed by atoms with Crippen LogP contribution in [0.1, 0.15) is 13.8 Å². The molecule has 2 aromatic rings. The molecule has 0 saturated carbocycles. The standard InChI is InChI=1S/C14H17ClN4OS/c1-9-5-18(7-12(15)20)6-10(2)19(9)13-11-3-4-21-14(11)17-8-16-13/h3-4,8-10H,5-7H2,1-2H3/t9-,10+. The molecule has 0 aromatic carbocycles. The second-order valence-corrected chi connectivity index (χ2v) is 6.81. The largest absolute Gasteiger partial charge is 0.348 e. The van der Waals surface area contributed by atoms with Crippen molar-refractivity contribution in [1.82, 2.24) is 14.9 Å². The second-order valence-electron chi connectivity index (χ2n) is 5.49. The molecule has 5 nitrogen and oxygen atoms in total. The third kappa shape index (κ3) is 2.88. The number of anilines is 1. The van der Waals surface area contributed by atoms with Crippen molar-refractivity contribution in [1.29, 1.82) is 0 Å². The molecule has 0 bridgehead atoms. The summed E-state index contributed by atoms with van der Waals surface area (Å²) in [5.74, 6) is 0.984. The van der Waals surface area contributed by atoms with Gasteiger partial charge >= 0.3 is 0 Å². The molecule has 1 fully saturated rings. The number of hydrogen-bond acceptors (Lipinski definition) is 6. The lowest BCUT2D eigenvalue weighted by Gasteiger charge is -2.45. The summed E-state index contributed by atoms with van der Waals surface area (Å²) in [6, 6.07) is 2.61. The SMILES string of the molecule is C[C@@H]1CN(CC(=O)Cl)C[C@H](C)N1c1ncnc2sccc12. The molecule has 0 N–H and O–H groups in total. The summed E-state index contributed by atoms with van der Waals surface area (Å²) in [7, 11) is 0. The van der Waals surface area contributed by atoms with Crippen molar-refractivity contribution < 1.29 is 4.79 Å². The molecule has 112 valence electrons. The van der Waals surface area contributed by atoms with Crippen molar-refractivity contribution in [3.05, 3.63) is 17.8 Å². The molecular formula is C14H17ClN4OS. The fourth-order valence-electron chi connectivity index (χ4n) is 3.14. The van der Waals surface area contributed by atoms with Gasteiger partial charge in [-0.2, -0.15) is 0 Å². The number of rotatable bonds is 3. The minimum atomic E-state index is -0.301. The van der Waals surface area contributed by atoms with Crippen LogP contribution in [0.2, 0.25) is 0 Å². The van der Waals surface area contributed by atoms with Crippen LogP contribution >= 0.6 is 22.9 Å². The molecule has 1 aliphatic rings. The molecule has 0 amide bonds. The second kappa shape index (κ2) is 5.87. The van der Waals surface area contributed by atoms with Gasteiger partial charge in [-0.05, 0) is 36.9 Å². The average molecular weight is 325 g/mol. The monoisotopic (exact) mass is 324 g/mol. The molecular weight excluding hydrogens is 308 g/mol. The zero-order valence-corrected chi connectivity index (χ0v) is 13.6. The van der Waals surface area contributed by atoms with Crippen molar-refractivity contribution in [3.63, 3.8) is 0 Å². The van der Waals surface area contributed by atoms with Gasteiger partial charge in [-0.25, -0.2) is 9.97 Å². The highest BCUT2D eigenvalue weighted by Gasteiger charge is 2.32. The third-order valence-electron chi connectivity index (χ3n) is 3.83. The number of halogens is 1. The Labute approximate surface area is 132 Å². The van der Waals surface area contributed by atoms with Crippen LogP contribution in [0.15, 0.2) is 17.8 Å². The first-order chi connectivity index (χ1) is 10.1. The number of fused-ring (bicyclic) bond motifs is 1. The van der Waals surface area contributed by atoms with E-state index in [1.165, 1.54) is 0 Å². The predicted molar refractivity (Wildman–Crippen MR) is 86.1 cm³/mol. The molecule has 0 radical (unpaired) electrons. The van der Waals surface area contributed by atoms with Crippen LogP contribution in [-0.4, -0.2) is 51.8 Å². The van der Waals surface area contributed by atoms with E-state index in [0.29, 0.717) is 6.54 Å². The Morgan fingerprint density at radius 1 is 1.38 bits per heavy atom. The minimum absolute atomic E-state index is 0.266. The normalized spacial score (nSPS) is 23.7. The Bertz CT molecular complexity index is 649. The van der Waals surface area contributed by atoms with Gasteiger partial charge in [0.15, 0.2) is 0 Å². The number of thiophene rings is 1. The van der Waals surface area contributed by atoms with E-state index < -0.39 is 0 Å². The quantitative estimate of drug-likeness (QED) is 0.811. The molecule has 7 heteroatoms. The van der Waals surface area contributed by atoms with Crippen LogP contribution in [-0.2, 0) is 4.79 Å². The topological polar surface area (TPSA) is 49.3 Å². The minimum Gasteiger partial charge on any atom is -0.348 e. The van der Waals surface area contributed by atoms with E-state index >= 15 is 0 Å². The van der Waals surface area contributed by atoms with Crippen molar-refractivity contribution in [3.8, 4) is 0 Å². The van der Waals surface area contributed by atoms with Crippen molar-refractivity contribution in [2.24, 2.45) is 0 Å². The molecule has 1 saturated heterocycles. The van der Waals surface area contributed by atoms with Gasteiger partial charge in [-0.15, -0.1) is 11.3 Å². The third-order valence-corrected chi connectivity index (χ3v) is 4.77. The van der Waals surface area contributed by atoms with E-state index in [9.17, 15) is 4.79 Å². The molecule has 2 aromatic heterocycles. The summed E-state index contributed by atoms with van der Waals surface area (Å²) in [4.78, 5) is 25.4. The Morgan fingerprint density at radius 2 is 2.10 bits per heavy atom. The molecule has 0 unspecified atom stereocenters. The lowest BCUT2D eigenvalue weighted by atomic mass is 10.1. The van der Waals surface area contributed by atoms with E-state index in [0.717, 1.165) is 29.1 Å². The van der Waals surface area contributed by atoms with E-state index in [2.05, 4.69) is 39.7 Å². The maximum absolute atomic E-state index is 11.1. The molecule has 3 rings (SSSR count). The van der Waals surface area contributed by atoms with E-state index in [-0.39, 0.29) is 17.3 Å². The van der Waals surface area contributed by atoms with Crippen molar-refractivity contribution in [2.45, 2.75) is 25.9 Å². The van der Waals surface area contributed by atoms with Gasteiger partial charge in [0.1, 0.15) is 17.0 Å². The molecule has 0 spiro atoms. The van der Waals surface area contributed by atoms with Crippen LogP contribution in [0.25, 0.3) is 10.2 Å². The fraction of sp³-hybridized carbons (Fsp3) is 0.500. The first-order valence-corrected chi connectivity index (χ1v) is 8.19. The van der Waals surface area contributed by atoms with Gasteiger partial charge in [0.05, 0.1) is 11.9 Å². The maximum Gasteiger partial charge on any atom is 0.235 e. The van der Waals surface area contributed by atoms with Gasteiger partial charge in [0.2, 0.25) is 5.24 Å². The molecule has 3 heterocycles. The highest BCUT2D eigenvalue weighted by atomic mass is 35.5. The van der Waals surface area contributed by atoms with E-state index in [1.54, 1.807) is 17.7 Å². The van der Waals surface area contributed by atoms with Gasteiger partial charge in [-0.1, -0.05) is 0 Å². The summed E-state index contributed by atoms with van der Waals surface area (Å²) >= 11 is 7.14. The molecule has 1 aliphatic heterocycles. The lowest BCUT2D eigenvalue weighted by molar-refractivity contribution is -0.113. The smallest absolute Gasteiger partial charge is 0.235 e. The van der Waals surface area contributed by atoms with Crippen LogP contribution in [0, 0.1) is 0 Å². The van der Waals surface area contributed by atoms with Crippen LogP contribution < -0.4 is 4.90 Å². The maximum atomic E-state index is 11.1. The summed E-state index contributed by atoms with van der Waals surface area (Å²) in [6.07, 6.45) is 1.63. The Kier molecular flexibility index (Phi) is 4.10. The zero-order chi connectivity index (χ0) is 15.0. The predicted octanol–water partition coefficient (Wildman–Crippen LogP) is 2.36. The molecule has 2 atom stereocenters. The van der Waals surface area contributed by atoms with Gasteiger partial charge in [0.25, 0.3) is 0 Å². The number of hydrogen-bond donors (Lipinski definition) is 0. The molecule has 0 aliphatic carbocycles. The van der Waals surface area contributed by atoms with Crippen LogP contribution in [0.5, 0.6) is 0 Å². The van der Waals surface area contributed by atoms with Crippen molar-refractivity contribution in [2.75, 3.05) is 24.5 Å². The van der Waals surface area contributed by atoms with Gasteiger partial charge in [-0.3, -0.25) is 9.69 Å². The number of nitrogens with zero attached hydrogens (tertiary/aromatic N) is 4. The highest BCUT2D eigenvalue weighted by Crippen LogP contribution is 2.31. The van der Waals surface area contributed by atoms with E-state index in [1.807, 2.05) is 5.38 Å². The zero-order valence-electron chi connectivity index (χ0n) is 12.0. The number of piperazine rings is 1. The van der Waals surface area contributed by atoms with E-state index in [4.69, 9.17) is 11.6 Å². The summed E-state index contributed by atoms with van der Waals surface area (Å²) in [5, 5.41) is 2.84. The summed E-state index contributed by atoms with van der Waals surface area (Å²) in [5.41, 5.74) is 0.